The Hall–Kier alpha value is -1.86. The van der Waals surface area contributed by atoms with Crippen LogP contribution < -0.4 is 10.6 Å². The molecule has 2 atom stereocenters. The average Bonchev–Trinajstić information content (AvgIpc) is 3.05. The number of carbonyl (C=O) groups is 2. The van der Waals surface area contributed by atoms with Crippen LogP contribution >= 0.6 is 0 Å². The van der Waals surface area contributed by atoms with Crippen molar-refractivity contribution in [3.05, 3.63) is 23.7 Å². The van der Waals surface area contributed by atoms with E-state index in [0.717, 1.165) is 6.54 Å². The summed E-state index contributed by atoms with van der Waals surface area (Å²) in [7, 11) is 0. The van der Waals surface area contributed by atoms with Crippen LogP contribution in [0.4, 0.5) is 0 Å². The molecular weight excluding hydrogens is 264 g/mol. The monoisotopic (exact) mass is 282 g/mol. The highest BCUT2D eigenvalue weighted by Gasteiger charge is 2.33. The lowest BCUT2D eigenvalue weighted by Crippen LogP contribution is -2.43. The summed E-state index contributed by atoms with van der Waals surface area (Å²) >= 11 is 0. The Morgan fingerprint density at radius 3 is 2.85 bits per heavy atom. The third-order valence-corrected chi connectivity index (χ3v) is 3.19. The standard InChI is InChI=1S/C13H18N2O5/c1-2-14-10-7-19-6-9(10)12(16)15-5-8-3-4-11(20-8)13(17)18/h3-4,9-10,14H,2,5-7H2,1H3,(H,15,16)(H,17,18). The maximum atomic E-state index is 12.1. The number of carbonyl (C=O) groups excluding carboxylic acids is 1. The molecular formula is C13H18N2O5. The van der Waals surface area contributed by atoms with Gasteiger partial charge in [-0.2, -0.15) is 0 Å². The summed E-state index contributed by atoms with van der Waals surface area (Å²) in [5.74, 6) is -1.21. The van der Waals surface area contributed by atoms with Gasteiger partial charge in [0.15, 0.2) is 0 Å². The molecule has 3 N–H and O–H groups in total. The van der Waals surface area contributed by atoms with Crippen LogP contribution in [0.3, 0.4) is 0 Å². The number of likely N-dealkylation sites (N-methyl/N-ethyl adjacent to an activating group) is 1. The van der Waals surface area contributed by atoms with Crippen LogP contribution in [0.1, 0.15) is 23.2 Å². The SMILES string of the molecule is CCNC1COCC1C(=O)NCc1ccc(C(=O)O)o1. The summed E-state index contributed by atoms with van der Waals surface area (Å²) in [5, 5.41) is 14.7. The third kappa shape index (κ3) is 3.37. The predicted octanol–water partition coefficient (Wildman–Crippen LogP) is 0.219. The zero-order valence-corrected chi connectivity index (χ0v) is 11.2. The van der Waals surface area contributed by atoms with Crippen LogP contribution in [-0.2, 0) is 16.1 Å². The van der Waals surface area contributed by atoms with Gasteiger partial charge in [-0.3, -0.25) is 4.79 Å². The number of aromatic carboxylic acids is 1. The van der Waals surface area contributed by atoms with Gasteiger partial charge < -0.3 is 24.9 Å². The quantitative estimate of drug-likeness (QED) is 0.690. The molecule has 2 unspecified atom stereocenters. The highest BCUT2D eigenvalue weighted by atomic mass is 16.5. The Kier molecular flexibility index (Phi) is 4.75. The van der Waals surface area contributed by atoms with Crippen molar-refractivity contribution in [2.75, 3.05) is 19.8 Å². The fourth-order valence-electron chi connectivity index (χ4n) is 2.17. The summed E-state index contributed by atoms with van der Waals surface area (Å²) < 4.78 is 10.4. The second kappa shape index (κ2) is 6.53. The molecule has 0 aromatic carbocycles. The Morgan fingerprint density at radius 1 is 1.40 bits per heavy atom. The van der Waals surface area contributed by atoms with Crippen LogP contribution in [0.25, 0.3) is 0 Å². The van der Waals surface area contributed by atoms with Gasteiger partial charge in [-0.25, -0.2) is 4.79 Å². The largest absolute Gasteiger partial charge is 0.475 e. The number of amides is 1. The molecule has 1 fully saturated rings. The van der Waals surface area contributed by atoms with Gasteiger partial charge in [0.25, 0.3) is 0 Å². The molecule has 0 aliphatic carbocycles. The summed E-state index contributed by atoms with van der Waals surface area (Å²) in [6.45, 7) is 3.83. The number of nitrogens with one attached hydrogen (secondary N) is 2. The van der Waals surface area contributed by atoms with Gasteiger partial charge in [0.05, 0.1) is 25.7 Å². The second-order valence-corrected chi connectivity index (χ2v) is 4.60. The van der Waals surface area contributed by atoms with E-state index in [4.69, 9.17) is 14.3 Å². The number of furan rings is 1. The van der Waals surface area contributed by atoms with Crippen molar-refractivity contribution in [3.63, 3.8) is 0 Å². The predicted molar refractivity (Wildman–Crippen MR) is 69.3 cm³/mol. The lowest BCUT2D eigenvalue weighted by molar-refractivity contribution is -0.125. The number of carboxylic acid groups (broad SMARTS) is 1. The number of ether oxygens (including phenoxy) is 1. The Balaban J connectivity index is 1.86. The first-order chi connectivity index (χ1) is 9.61. The van der Waals surface area contributed by atoms with Crippen LogP contribution in [0.15, 0.2) is 16.5 Å². The Labute approximate surface area is 116 Å². The van der Waals surface area contributed by atoms with Gasteiger partial charge in [0.1, 0.15) is 5.76 Å². The lowest BCUT2D eigenvalue weighted by Gasteiger charge is -2.17. The maximum Gasteiger partial charge on any atom is 0.371 e. The number of hydrogen-bond donors (Lipinski definition) is 3. The molecule has 2 heterocycles. The summed E-state index contributed by atoms with van der Waals surface area (Å²) in [4.78, 5) is 22.7. The highest BCUT2D eigenvalue weighted by Crippen LogP contribution is 2.14. The number of carboxylic acids is 1. The normalized spacial score (nSPS) is 21.9. The van der Waals surface area contributed by atoms with Crippen molar-refractivity contribution in [2.45, 2.75) is 19.5 Å². The molecule has 20 heavy (non-hydrogen) atoms. The van der Waals surface area contributed by atoms with Crippen molar-refractivity contribution < 1.29 is 23.8 Å². The van der Waals surface area contributed by atoms with E-state index in [0.29, 0.717) is 19.0 Å². The lowest BCUT2D eigenvalue weighted by atomic mass is 10.0. The topological polar surface area (TPSA) is 101 Å². The Morgan fingerprint density at radius 2 is 2.20 bits per heavy atom. The molecule has 1 amide bonds. The van der Waals surface area contributed by atoms with Crippen molar-refractivity contribution in [3.8, 4) is 0 Å². The highest BCUT2D eigenvalue weighted by molar-refractivity contribution is 5.84. The summed E-state index contributed by atoms with van der Waals surface area (Å²) in [5.41, 5.74) is 0. The molecule has 7 heteroatoms. The van der Waals surface area contributed by atoms with E-state index in [2.05, 4.69) is 10.6 Å². The van der Waals surface area contributed by atoms with Crippen LogP contribution in [-0.4, -0.2) is 42.8 Å². The fraction of sp³-hybridized carbons (Fsp3) is 0.538. The van der Waals surface area contributed by atoms with Gasteiger partial charge in [-0.15, -0.1) is 0 Å². The van der Waals surface area contributed by atoms with E-state index in [9.17, 15) is 9.59 Å². The molecule has 1 aromatic rings. The molecule has 0 spiro atoms. The summed E-state index contributed by atoms with van der Waals surface area (Å²) in [6, 6.07) is 2.92. The Bertz CT molecular complexity index is 485. The van der Waals surface area contributed by atoms with Gasteiger partial charge in [-0.05, 0) is 18.7 Å². The van der Waals surface area contributed by atoms with E-state index >= 15 is 0 Å². The van der Waals surface area contributed by atoms with Crippen molar-refractivity contribution in [2.24, 2.45) is 5.92 Å². The molecule has 2 rings (SSSR count). The molecule has 1 saturated heterocycles. The zero-order chi connectivity index (χ0) is 14.5. The molecule has 1 aliphatic heterocycles. The summed E-state index contributed by atoms with van der Waals surface area (Å²) in [6.07, 6.45) is 0. The van der Waals surface area contributed by atoms with Crippen molar-refractivity contribution >= 4 is 11.9 Å². The molecule has 110 valence electrons. The van der Waals surface area contributed by atoms with Crippen molar-refractivity contribution in [1.82, 2.24) is 10.6 Å². The maximum absolute atomic E-state index is 12.1. The van der Waals surface area contributed by atoms with Gasteiger partial charge in [0, 0.05) is 6.04 Å². The molecule has 0 bridgehead atoms. The van der Waals surface area contributed by atoms with E-state index in [1.807, 2.05) is 6.92 Å². The van der Waals surface area contributed by atoms with Crippen molar-refractivity contribution in [1.29, 1.82) is 0 Å². The van der Waals surface area contributed by atoms with E-state index in [-0.39, 0.29) is 30.2 Å². The van der Waals surface area contributed by atoms with Crippen LogP contribution in [0, 0.1) is 5.92 Å². The van der Waals surface area contributed by atoms with Crippen LogP contribution in [0.5, 0.6) is 0 Å². The smallest absolute Gasteiger partial charge is 0.371 e. The minimum absolute atomic E-state index is 0.0196. The molecule has 1 aromatic heterocycles. The minimum Gasteiger partial charge on any atom is -0.475 e. The molecule has 7 nitrogen and oxygen atoms in total. The number of hydrogen-bond acceptors (Lipinski definition) is 5. The van der Waals surface area contributed by atoms with Gasteiger partial charge in [-0.1, -0.05) is 6.92 Å². The first-order valence-electron chi connectivity index (χ1n) is 6.52. The third-order valence-electron chi connectivity index (χ3n) is 3.19. The first kappa shape index (κ1) is 14.5. The molecule has 0 radical (unpaired) electrons. The average molecular weight is 282 g/mol. The number of rotatable bonds is 6. The first-order valence-corrected chi connectivity index (χ1v) is 6.52. The van der Waals surface area contributed by atoms with Gasteiger partial charge in [0.2, 0.25) is 11.7 Å². The molecule has 0 saturated carbocycles. The zero-order valence-electron chi connectivity index (χ0n) is 11.2. The van der Waals surface area contributed by atoms with E-state index in [1.165, 1.54) is 12.1 Å². The fourth-order valence-corrected chi connectivity index (χ4v) is 2.17. The molecule has 1 aliphatic rings. The minimum atomic E-state index is -1.13. The van der Waals surface area contributed by atoms with E-state index < -0.39 is 5.97 Å². The second-order valence-electron chi connectivity index (χ2n) is 4.60. The van der Waals surface area contributed by atoms with Crippen LogP contribution in [0.2, 0.25) is 0 Å². The van der Waals surface area contributed by atoms with Gasteiger partial charge >= 0.3 is 5.97 Å². The van der Waals surface area contributed by atoms with E-state index in [1.54, 1.807) is 0 Å².